The van der Waals surface area contributed by atoms with Gasteiger partial charge in [0.15, 0.2) is 5.69 Å². The Labute approximate surface area is 183 Å². The highest BCUT2D eigenvalue weighted by Crippen LogP contribution is 2.29. The van der Waals surface area contributed by atoms with E-state index in [2.05, 4.69) is 36.4 Å². The molecule has 0 radical (unpaired) electrons. The van der Waals surface area contributed by atoms with Crippen molar-refractivity contribution < 1.29 is 14.4 Å². The van der Waals surface area contributed by atoms with Gasteiger partial charge in [-0.05, 0) is 19.1 Å². The molecule has 2 heterocycles. The topological polar surface area (TPSA) is 122 Å². The fourth-order valence-electron chi connectivity index (χ4n) is 2.82. The average Bonchev–Trinajstić information content (AvgIpc) is 3.19. The number of halogens is 1. The van der Waals surface area contributed by atoms with Crippen LogP contribution in [-0.4, -0.2) is 40.7 Å². The predicted octanol–water partition coefficient (Wildman–Crippen LogP) is 3.09. The fraction of sp³-hybridized carbons (Fsp3) is 0.200. The van der Waals surface area contributed by atoms with E-state index in [4.69, 9.17) is 11.6 Å². The fourth-order valence-corrected chi connectivity index (χ4v) is 2.97. The van der Waals surface area contributed by atoms with Crippen molar-refractivity contribution >= 4 is 46.4 Å². The molecule has 0 fully saturated rings. The number of para-hydroxylation sites is 1. The second kappa shape index (κ2) is 9.92. The van der Waals surface area contributed by atoms with E-state index in [0.717, 1.165) is 0 Å². The smallest absolute Gasteiger partial charge is 0.295 e. The molecule has 2 amide bonds. The number of amides is 2. The van der Waals surface area contributed by atoms with Gasteiger partial charge in [-0.1, -0.05) is 23.7 Å². The van der Waals surface area contributed by atoms with Crippen molar-refractivity contribution in [3.05, 3.63) is 58.9 Å². The Morgan fingerprint density at radius 2 is 1.90 bits per heavy atom. The second-order valence-electron chi connectivity index (χ2n) is 6.29. The van der Waals surface area contributed by atoms with Crippen molar-refractivity contribution in [2.45, 2.75) is 13.5 Å². The first-order valence-electron chi connectivity index (χ1n) is 9.38. The molecule has 4 N–H and O–H groups in total. The third kappa shape index (κ3) is 5.11. The Kier molecular flexibility index (Phi) is 7.06. The Morgan fingerprint density at radius 3 is 2.61 bits per heavy atom. The maximum Gasteiger partial charge on any atom is 0.295 e. The molecule has 3 aromatic rings. The number of aryl methyl sites for hydroxylation is 1. The third-order valence-corrected chi connectivity index (χ3v) is 4.59. The molecule has 0 unspecified atom stereocenters. The maximum absolute atomic E-state index is 12.1. The van der Waals surface area contributed by atoms with Crippen LogP contribution in [-0.2, 0) is 11.4 Å². The number of hydrogen-bond donors (Lipinski definition) is 4. The average molecular weight is 444 g/mol. The molecule has 11 heteroatoms. The molecular formula is C20H22ClN7O3. The SMILES string of the molecule is CCn1nc(C(=O)NOC)cc1Nc1cc(Nc2ccccc2C(=O)NC)c(Cl)cn1. The molecule has 0 saturated carbocycles. The van der Waals surface area contributed by atoms with Gasteiger partial charge in [0.05, 0.1) is 35.3 Å². The van der Waals surface area contributed by atoms with Gasteiger partial charge < -0.3 is 16.0 Å². The van der Waals surface area contributed by atoms with Crippen molar-refractivity contribution in [3.63, 3.8) is 0 Å². The standard InChI is InChI=1S/C20H22ClN7O3/c1-4-28-18(10-16(26-28)20(30)27-31-3)25-17-9-15(13(21)11-23-17)24-14-8-6-5-7-12(14)19(29)22-2/h5-11H,4H2,1-3H3,(H,22,29)(H,27,30)(H2,23,24,25). The summed E-state index contributed by atoms with van der Waals surface area (Å²) >= 11 is 6.32. The lowest BCUT2D eigenvalue weighted by molar-refractivity contribution is 0.0531. The van der Waals surface area contributed by atoms with Gasteiger partial charge in [-0.25, -0.2) is 15.1 Å². The minimum absolute atomic E-state index is 0.193. The lowest BCUT2D eigenvalue weighted by atomic mass is 10.1. The molecule has 31 heavy (non-hydrogen) atoms. The number of benzene rings is 1. The highest BCUT2D eigenvalue weighted by molar-refractivity contribution is 6.33. The number of aromatic nitrogens is 3. The Morgan fingerprint density at radius 1 is 1.13 bits per heavy atom. The number of nitrogens with one attached hydrogen (secondary N) is 4. The monoisotopic (exact) mass is 443 g/mol. The van der Waals surface area contributed by atoms with Gasteiger partial charge in [-0.2, -0.15) is 5.10 Å². The van der Waals surface area contributed by atoms with E-state index >= 15 is 0 Å². The Balaban J connectivity index is 1.88. The van der Waals surface area contributed by atoms with Crippen molar-refractivity contribution in [1.29, 1.82) is 0 Å². The van der Waals surface area contributed by atoms with E-state index in [9.17, 15) is 9.59 Å². The largest absolute Gasteiger partial charge is 0.355 e. The Bertz CT molecular complexity index is 1100. The van der Waals surface area contributed by atoms with Gasteiger partial charge in [0.25, 0.3) is 11.8 Å². The molecule has 0 atom stereocenters. The third-order valence-electron chi connectivity index (χ3n) is 4.29. The van der Waals surface area contributed by atoms with Gasteiger partial charge in [0.1, 0.15) is 11.6 Å². The number of pyridine rings is 1. The number of nitrogens with zero attached hydrogens (tertiary/aromatic N) is 3. The van der Waals surface area contributed by atoms with Crippen LogP contribution in [0.4, 0.5) is 23.0 Å². The van der Waals surface area contributed by atoms with Gasteiger partial charge in [0, 0.05) is 25.7 Å². The molecule has 3 rings (SSSR count). The minimum atomic E-state index is -0.463. The zero-order valence-corrected chi connectivity index (χ0v) is 17.9. The summed E-state index contributed by atoms with van der Waals surface area (Å²) in [7, 11) is 2.92. The zero-order chi connectivity index (χ0) is 22.4. The van der Waals surface area contributed by atoms with Crippen molar-refractivity contribution in [3.8, 4) is 0 Å². The van der Waals surface area contributed by atoms with E-state index in [1.165, 1.54) is 13.3 Å². The van der Waals surface area contributed by atoms with Crippen LogP contribution < -0.4 is 21.4 Å². The van der Waals surface area contributed by atoms with Crippen molar-refractivity contribution in [2.24, 2.45) is 0 Å². The van der Waals surface area contributed by atoms with Crippen LogP contribution in [0.5, 0.6) is 0 Å². The highest BCUT2D eigenvalue weighted by atomic mass is 35.5. The summed E-state index contributed by atoms with van der Waals surface area (Å²) in [5, 5.41) is 13.5. The Hall–Kier alpha value is -3.63. The van der Waals surface area contributed by atoms with Crippen LogP contribution in [0.15, 0.2) is 42.6 Å². The molecule has 0 aliphatic rings. The molecular weight excluding hydrogens is 422 g/mol. The van der Waals surface area contributed by atoms with E-state index < -0.39 is 5.91 Å². The first-order valence-corrected chi connectivity index (χ1v) is 9.76. The summed E-state index contributed by atoms with van der Waals surface area (Å²) in [5.74, 6) is 0.350. The van der Waals surface area contributed by atoms with Crippen LogP contribution in [0.1, 0.15) is 27.8 Å². The number of rotatable bonds is 8. The van der Waals surface area contributed by atoms with Gasteiger partial charge in [-0.3, -0.25) is 14.4 Å². The van der Waals surface area contributed by atoms with E-state index in [1.54, 1.807) is 42.1 Å². The van der Waals surface area contributed by atoms with Crippen molar-refractivity contribution in [2.75, 3.05) is 24.8 Å². The normalized spacial score (nSPS) is 10.5. The minimum Gasteiger partial charge on any atom is -0.355 e. The molecule has 0 aliphatic carbocycles. The lowest BCUT2D eigenvalue weighted by Gasteiger charge is -2.14. The van der Waals surface area contributed by atoms with Gasteiger partial charge in [0.2, 0.25) is 0 Å². The first-order chi connectivity index (χ1) is 15.0. The maximum atomic E-state index is 12.1. The van der Waals surface area contributed by atoms with Crippen LogP contribution >= 0.6 is 11.6 Å². The molecule has 0 saturated heterocycles. The van der Waals surface area contributed by atoms with Gasteiger partial charge in [-0.15, -0.1) is 0 Å². The lowest BCUT2D eigenvalue weighted by Crippen LogP contribution is -2.22. The number of anilines is 4. The summed E-state index contributed by atoms with van der Waals surface area (Å²) in [5.41, 5.74) is 4.05. The van der Waals surface area contributed by atoms with Crippen LogP contribution in [0.2, 0.25) is 5.02 Å². The molecule has 2 aromatic heterocycles. The quantitative estimate of drug-likeness (QED) is 0.394. The van der Waals surface area contributed by atoms with Crippen LogP contribution in [0.3, 0.4) is 0 Å². The molecule has 0 spiro atoms. The molecule has 0 aliphatic heterocycles. The number of hydrogen-bond acceptors (Lipinski definition) is 7. The van der Waals surface area contributed by atoms with Crippen LogP contribution in [0.25, 0.3) is 0 Å². The molecule has 10 nitrogen and oxygen atoms in total. The molecule has 162 valence electrons. The first kappa shape index (κ1) is 22.1. The second-order valence-corrected chi connectivity index (χ2v) is 6.70. The van der Waals surface area contributed by atoms with E-state index in [0.29, 0.717) is 40.1 Å². The number of carbonyl (C=O) groups is 2. The van der Waals surface area contributed by atoms with Crippen molar-refractivity contribution in [1.82, 2.24) is 25.6 Å². The van der Waals surface area contributed by atoms with Crippen LogP contribution in [0, 0.1) is 0 Å². The van der Waals surface area contributed by atoms with E-state index in [1.807, 2.05) is 13.0 Å². The highest BCUT2D eigenvalue weighted by Gasteiger charge is 2.15. The number of carbonyl (C=O) groups excluding carboxylic acids is 2. The predicted molar refractivity (Wildman–Crippen MR) is 118 cm³/mol. The van der Waals surface area contributed by atoms with Gasteiger partial charge >= 0.3 is 0 Å². The summed E-state index contributed by atoms with van der Waals surface area (Å²) in [6.45, 7) is 2.43. The van der Waals surface area contributed by atoms with E-state index in [-0.39, 0.29) is 11.6 Å². The summed E-state index contributed by atoms with van der Waals surface area (Å²) in [6.07, 6.45) is 1.49. The summed E-state index contributed by atoms with van der Waals surface area (Å²) in [6, 6.07) is 10.4. The summed E-state index contributed by atoms with van der Waals surface area (Å²) in [4.78, 5) is 33.0. The number of hydroxylamine groups is 1. The zero-order valence-electron chi connectivity index (χ0n) is 17.2. The molecule has 1 aromatic carbocycles. The molecule has 0 bridgehead atoms. The summed E-state index contributed by atoms with van der Waals surface area (Å²) < 4.78 is 1.62.